The molecule has 1 aromatic heterocycles. The Hall–Kier alpha value is -2.44. The zero-order chi connectivity index (χ0) is 19.4. The monoisotopic (exact) mass is 372 g/mol. The maximum atomic E-state index is 12.9. The molecule has 0 bridgehead atoms. The fourth-order valence-corrected chi connectivity index (χ4v) is 4.00. The molecule has 3 amide bonds. The fraction of sp³-hybridized carbons (Fsp3) is 0.600. The molecule has 2 heterocycles. The standard InChI is InChI=1S/C20H28N4O3/c1-3-21-19(26)17-10-16(12-24(17)20(27)14-6-4-5-7-14)23-18(25)15-9-8-13(2)22-11-15/h8-9,11,14,16-17H,3-7,10,12H2,1-2H3,(H,21,26)(H,23,25)/t16-,17-/m0/s1. The van der Waals surface area contributed by atoms with Crippen LogP contribution in [0.25, 0.3) is 0 Å². The van der Waals surface area contributed by atoms with Crippen LogP contribution in [-0.2, 0) is 9.59 Å². The third-order valence-electron chi connectivity index (χ3n) is 5.45. The van der Waals surface area contributed by atoms with Gasteiger partial charge in [-0.05, 0) is 45.2 Å². The molecule has 2 fully saturated rings. The van der Waals surface area contributed by atoms with Crippen LogP contribution in [0, 0.1) is 12.8 Å². The zero-order valence-electron chi connectivity index (χ0n) is 16.0. The molecule has 3 rings (SSSR count). The van der Waals surface area contributed by atoms with E-state index >= 15 is 0 Å². The van der Waals surface area contributed by atoms with E-state index in [1.807, 2.05) is 13.8 Å². The van der Waals surface area contributed by atoms with Crippen molar-refractivity contribution in [1.82, 2.24) is 20.5 Å². The number of hydrogen-bond donors (Lipinski definition) is 2. The van der Waals surface area contributed by atoms with Gasteiger partial charge in [0.05, 0.1) is 5.56 Å². The lowest BCUT2D eigenvalue weighted by Crippen LogP contribution is -2.47. The zero-order valence-corrected chi connectivity index (χ0v) is 16.0. The third-order valence-corrected chi connectivity index (χ3v) is 5.45. The van der Waals surface area contributed by atoms with E-state index in [0.29, 0.717) is 25.1 Å². The summed E-state index contributed by atoms with van der Waals surface area (Å²) in [6.45, 7) is 4.62. The number of rotatable bonds is 5. The topological polar surface area (TPSA) is 91.4 Å². The van der Waals surface area contributed by atoms with Crippen molar-refractivity contribution in [2.75, 3.05) is 13.1 Å². The molecule has 1 saturated carbocycles. The molecule has 7 heteroatoms. The van der Waals surface area contributed by atoms with E-state index < -0.39 is 6.04 Å². The van der Waals surface area contributed by atoms with Gasteiger partial charge in [-0.3, -0.25) is 19.4 Å². The van der Waals surface area contributed by atoms with E-state index in [-0.39, 0.29) is 29.7 Å². The minimum atomic E-state index is -0.514. The van der Waals surface area contributed by atoms with Crippen LogP contribution >= 0.6 is 0 Å². The van der Waals surface area contributed by atoms with Crippen LogP contribution < -0.4 is 10.6 Å². The van der Waals surface area contributed by atoms with E-state index in [9.17, 15) is 14.4 Å². The Kier molecular flexibility index (Phi) is 6.08. The number of aromatic nitrogens is 1. The van der Waals surface area contributed by atoms with Crippen LogP contribution in [0.4, 0.5) is 0 Å². The van der Waals surface area contributed by atoms with E-state index in [1.165, 1.54) is 0 Å². The number of hydrogen-bond acceptors (Lipinski definition) is 4. The van der Waals surface area contributed by atoms with Crippen molar-refractivity contribution < 1.29 is 14.4 Å². The van der Waals surface area contributed by atoms with Gasteiger partial charge in [-0.15, -0.1) is 0 Å². The molecule has 7 nitrogen and oxygen atoms in total. The summed E-state index contributed by atoms with van der Waals surface area (Å²) in [5.41, 5.74) is 1.33. The van der Waals surface area contributed by atoms with Crippen LogP contribution in [0.3, 0.4) is 0 Å². The first-order chi connectivity index (χ1) is 13.0. The maximum Gasteiger partial charge on any atom is 0.253 e. The van der Waals surface area contributed by atoms with Crippen molar-refractivity contribution in [3.05, 3.63) is 29.6 Å². The molecule has 146 valence electrons. The second-order valence-corrected chi connectivity index (χ2v) is 7.48. The number of carbonyl (C=O) groups is 3. The second kappa shape index (κ2) is 8.50. The number of carbonyl (C=O) groups excluding carboxylic acids is 3. The lowest BCUT2D eigenvalue weighted by Gasteiger charge is -2.26. The largest absolute Gasteiger partial charge is 0.355 e. The number of pyridine rings is 1. The van der Waals surface area contributed by atoms with Crippen LogP contribution in [0.2, 0.25) is 0 Å². The first-order valence-electron chi connectivity index (χ1n) is 9.81. The summed E-state index contributed by atoms with van der Waals surface area (Å²) in [6.07, 6.45) is 5.90. The Morgan fingerprint density at radius 2 is 1.96 bits per heavy atom. The molecule has 1 aliphatic heterocycles. The molecular formula is C20H28N4O3. The van der Waals surface area contributed by atoms with Crippen molar-refractivity contribution in [3.8, 4) is 0 Å². The SMILES string of the molecule is CCNC(=O)[C@@H]1C[C@H](NC(=O)c2ccc(C)nc2)CN1C(=O)C1CCCC1. The van der Waals surface area contributed by atoms with Gasteiger partial charge in [0.2, 0.25) is 11.8 Å². The Morgan fingerprint density at radius 1 is 1.22 bits per heavy atom. The van der Waals surface area contributed by atoms with Crippen molar-refractivity contribution in [3.63, 3.8) is 0 Å². The minimum Gasteiger partial charge on any atom is -0.355 e. The Morgan fingerprint density at radius 3 is 2.59 bits per heavy atom. The van der Waals surface area contributed by atoms with Crippen molar-refractivity contribution in [2.24, 2.45) is 5.92 Å². The fourth-order valence-electron chi connectivity index (χ4n) is 4.00. The average Bonchev–Trinajstić information content (AvgIpc) is 3.32. The van der Waals surface area contributed by atoms with Crippen molar-refractivity contribution in [2.45, 2.75) is 58.0 Å². The molecule has 1 aromatic rings. The molecule has 1 aliphatic carbocycles. The van der Waals surface area contributed by atoms with Crippen LogP contribution in [0.5, 0.6) is 0 Å². The van der Waals surface area contributed by atoms with Gasteiger partial charge in [-0.2, -0.15) is 0 Å². The van der Waals surface area contributed by atoms with Gasteiger partial charge in [0.1, 0.15) is 6.04 Å². The smallest absolute Gasteiger partial charge is 0.253 e. The maximum absolute atomic E-state index is 12.9. The van der Waals surface area contributed by atoms with E-state index in [2.05, 4.69) is 15.6 Å². The third kappa shape index (κ3) is 4.46. The van der Waals surface area contributed by atoms with E-state index in [0.717, 1.165) is 31.4 Å². The van der Waals surface area contributed by atoms with E-state index in [1.54, 1.807) is 23.2 Å². The first kappa shape index (κ1) is 19.3. The number of likely N-dealkylation sites (N-methyl/N-ethyl adjacent to an activating group) is 1. The predicted molar refractivity (Wildman–Crippen MR) is 101 cm³/mol. The lowest BCUT2D eigenvalue weighted by molar-refractivity contribution is -0.141. The average molecular weight is 372 g/mol. The number of nitrogens with zero attached hydrogens (tertiary/aromatic N) is 2. The summed E-state index contributed by atoms with van der Waals surface area (Å²) in [6, 6.07) is 2.77. The Labute approximate surface area is 159 Å². The van der Waals surface area contributed by atoms with Gasteiger partial charge >= 0.3 is 0 Å². The molecule has 1 saturated heterocycles. The van der Waals surface area contributed by atoms with Crippen LogP contribution in [0.15, 0.2) is 18.3 Å². The predicted octanol–water partition coefficient (Wildman–Crippen LogP) is 1.42. The molecule has 0 radical (unpaired) electrons. The Bertz CT molecular complexity index is 698. The highest BCUT2D eigenvalue weighted by molar-refractivity contribution is 5.94. The van der Waals surface area contributed by atoms with Gasteiger partial charge in [0, 0.05) is 36.9 Å². The summed E-state index contributed by atoms with van der Waals surface area (Å²) in [5, 5.41) is 5.78. The van der Waals surface area contributed by atoms with Gasteiger partial charge in [-0.25, -0.2) is 0 Å². The molecule has 0 spiro atoms. The number of aryl methyl sites for hydroxylation is 1. The lowest BCUT2D eigenvalue weighted by atomic mass is 10.1. The number of nitrogens with one attached hydrogen (secondary N) is 2. The summed E-state index contributed by atoms with van der Waals surface area (Å²) >= 11 is 0. The summed E-state index contributed by atoms with van der Waals surface area (Å²) in [4.78, 5) is 43.7. The summed E-state index contributed by atoms with van der Waals surface area (Å²) in [5.74, 6) is -0.301. The van der Waals surface area contributed by atoms with E-state index in [4.69, 9.17) is 0 Å². The molecule has 27 heavy (non-hydrogen) atoms. The van der Waals surface area contributed by atoms with Gasteiger partial charge in [0.25, 0.3) is 5.91 Å². The number of likely N-dealkylation sites (tertiary alicyclic amines) is 1. The normalized spacial score (nSPS) is 22.7. The number of amides is 3. The molecule has 2 aliphatic rings. The molecule has 2 atom stereocenters. The van der Waals surface area contributed by atoms with Crippen LogP contribution in [-0.4, -0.2) is 52.8 Å². The highest BCUT2D eigenvalue weighted by atomic mass is 16.2. The van der Waals surface area contributed by atoms with Crippen molar-refractivity contribution >= 4 is 17.7 Å². The first-order valence-corrected chi connectivity index (χ1v) is 9.81. The quantitative estimate of drug-likeness (QED) is 0.818. The second-order valence-electron chi connectivity index (χ2n) is 7.48. The summed E-state index contributed by atoms with van der Waals surface area (Å²) in [7, 11) is 0. The highest BCUT2D eigenvalue weighted by Crippen LogP contribution is 2.30. The minimum absolute atomic E-state index is 0.0117. The highest BCUT2D eigenvalue weighted by Gasteiger charge is 2.42. The van der Waals surface area contributed by atoms with Gasteiger partial charge < -0.3 is 15.5 Å². The van der Waals surface area contributed by atoms with Gasteiger partial charge in [-0.1, -0.05) is 12.8 Å². The Balaban J connectivity index is 1.69. The molecule has 0 aromatic carbocycles. The summed E-state index contributed by atoms with van der Waals surface area (Å²) < 4.78 is 0. The van der Waals surface area contributed by atoms with Crippen molar-refractivity contribution in [1.29, 1.82) is 0 Å². The van der Waals surface area contributed by atoms with Crippen LogP contribution in [0.1, 0.15) is 55.1 Å². The molecule has 2 N–H and O–H groups in total. The van der Waals surface area contributed by atoms with Gasteiger partial charge in [0.15, 0.2) is 0 Å². The molecule has 0 unspecified atom stereocenters. The molecular weight excluding hydrogens is 344 g/mol.